The molecular formula is C8H17NO5. The zero-order chi connectivity index (χ0) is 11.5. The van der Waals surface area contributed by atoms with Crippen molar-refractivity contribution in [2.75, 3.05) is 20.7 Å². The number of Topliss-reactive ketones (excluding diaryl/α,β-unsaturated/α-hetero) is 1. The van der Waals surface area contributed by atoms with Gasteiger partial charge in [-0.05, 0) is 21.0 Å². The molecule has 0 aliphatic carbocycles. The molecule has 14 heavy (non-hydrogen) atoms. The number of hydrogen-bond acceptors (Lipinski definition) is 6. The fourth-order valence-corrected chi connectivity index (χ4v) is 1.13. The SMILES string of the molecule is CC(O)C(O)C(O)(C(=O)CO)N(C)C. The van der Waals surface area contributed by atoms with Crippen molar-refractivity contribution in [3.63, 3.8) is 0 Å². The summed E-state index contributed by atoms with van der Waals surface area (Å²) in [6, 6.07) is 0. The molecule has 0 aliphatic rings. The first-order valence-corrected chi connectivity index (χ1v) is 4.18. The first-order valence-electron chi connectivity index (χ1n) is 4.18. The molecular weight excluding hydrogens is 190 g/mol. The van der Waals surface area contributed by atoms with Gasteiger partial charge in [-0.15, -0.1) is 0 Å². The van der Waals surface area contributed by atoms with E-state index < -0.39 is 30.3 Å². The maximum absolute atomic E-state index is 11.2. The molecule has 0 amide bonds. The third kappa shape index (κ3) is 2.28. The van der Waals surface area contributed by atoms with Crippen LogP contribution in [0.2, 0.25) is 0 Å². The lowest BCUT2D eigenvalue weighted by molar-refractivity contribution is -0.198. The van der Waals surface area contributed by atoms with E-state index in [2.05, 4.69) is 0 Å². The van der Waals surface area contributed by atoms with Crippen molar-refractivity contribution in [2.45, 2.75) is 24.9 Å². The lowest BCUT2D eigenvalue weighted by Crippen LogP contribution is -2.63. The van der Waals surface area contributed by atoms with Gasteiger partial charge in [0.25, 0.3) is 0 Å². The topological polar surface area (TPSA) is 101 Å². The van der Waals surface area contributed by atoms with Crippen LogP contribution >= 0.6 is 0 Å². The van der Waals surface area contributed by atoms with Crippen LogP contribution in [0, 0.1) is 0 Å². The van der Waals surface area contributed by atoms with Crippen molar-refractivity contribution in [2.24, 2.45) is 0 Å². The van der Waals surface area contributed by atoms with Crippen molar-refractivity contribution < 1.29 is 25.2 Å². The Labute approximate surface area is 82.4 Å². The number of ketones is 1. The third-order valence-corrected chi connectivity index (χ3v) is 2.11. The zero-order valence-corrected chi connectivity index (χ0v) is 8.51. The van der Waals surface area contributed by atoms with Crippen molar-refractivity contribution in [1.29, 1.82) is 0 Å². The highest BCUT2D eigenvalue weighted by Gasteiger charge is 2.46. The van der Waals surface area contributed by atoms with Gasteiger partial charge in [-0.3, -0.25) is 9.69 Å². The first kappa shape index (κ1) is 13.5. The molecule has 0 aromatic rings. The van der Waals surface area contributed by atoms with E-state index in [1.807, 2.05) is 0 Å². The normalized spacial score (nSPS) is 20.3. The largest absolute Gasteiger partial charge is 0.391 e. The van der Waals surface area contributed by atoms with Crippen LogP contribution in [0.5, 0.6) is 0 Å². The van der Waals surface area contributed by atoms with E-state index in [9.17, 15) is 15.0 Å². The van der Waals surface area contributed by atoms with Gasteiger partial charge < -0.3 is 20.4 Å². The van der Waals surface area contributed by atoms with Crippen LogP contribution in [0.1, 0.15) is 6.92 Å². The fraction of sp³-hybridized carbons (Fsp3) is 0.875. The van der Waals surface area contributed by atoms with Crippen molar-refractivity contribution >= 4 is 5.78 Å². The van der Waals surface area contributed by atoms with E-state index in [0.717, 1.165) is 4.90 Å². The molecule has 3 atom stereocenters. The van der Waals surface area contributed by atoms with E-state index in [0.29, 0.717) is 0 Å². The molecule has 84 valence electrons. The molecule has 0 rings (SSSR count). The minimum atomic E-state index is -2.26. The van der Waals surface area contributed by atoms with Gasteiger partial charge in [0.15, 0.2) is 0 Å². The number of aliphatic hydroxyl groups excluding tert-OH is 3. The highest BCUT2D eigenvalue weighted by Crippen LogP contribution is 2.18. The van der Waals surface area contributed by atoms with Crippen LogP contribution in [0.4, 0.5) is 0 Å². The van der Waals surface area contributed by atoms with Crippen LogP contribution in [-0.2, 0) is 4.79 Å². The molecule has 0 spiro atoms. The summed E-state index contributed by atoms with van der Waals surface area (Å²) in [5.41, 5.74) is -2.26. The van der Waals surface area contributed by atoms with Crippen molar-refractivity contribution in [3.05, 3.63) is 0 Å². The summed E-state index contributed by atoms with van der Waals surface area (Å²) >= 11 is 0. The summed E-state index contributed by atoms with van der Waals surface area (Å²) in [6.07, 6.45) is -2.95. The predicted molar refractivity (Wildman–Crippen MR) is 48.4 cm³/mol. The highest BCUT2D eigenvalue weighted by atomic mass is 16.4. The fourth-order valence-electron chi connectivity index (χ4n) is 1.13. The van der Waals surface area contributed by atoms with E-state index >= 15 is 0 Å². The number of likely N-dealkylation sites (N-methyl/N-ethyl adjacent to an activating group) is 1. The molecule has 0 aliphatic heterocycles. The molecule has 0 bridgehead atoms. The average Bonchev–Trinajstić information content (AvgIpc) is 2.13. The molecule has 0 fully saturated rings. The van der Waals surface area contributed by atoms with Crippen molar-refractivity contribution in [3.8, 4) is 0 Å². The minimum absolute atomic E-state index is 0.904. The maximum Gasteiger partial charge on any atom is 0.209 e. The Morgan fingerprint density at radius 1 is 1.43 bits per heavy atom. The first-order chi connectivity index (χ1) is 6.28. The standard InChI is InChI=1S/C8H17NO5/c1-5(11)7(13)8(14,9(2)3)6(12)4-10/h5,7,10-11,13-14H,4H2,1-3H3. The molecule has 0 saturated heterocycles. The number of hydrogen-bond donors (Lipinski definition) is 4. The van der Waals surface area contributed by atoms with E-state index in [1.54, 1.807) is 0 Å². The number of nitrogens with zero attached hydrogens (tertiary/aromatic N) is 1. The van der Waals surface area contributed by atoms with Gasteiger partial charge >= 0.3 is 0 Å². The Morgan fingerprint density at radius 2 is 1.86 bits per heavy atom. The molecule has 6 heteroatoms. The quantitative estimate of drug-likeness (QED) is 0.373. The van der Waals surface area contributed by atoms with E-state index in [1.165, 1.54) is 21.0 Å². The van der Waals surface area contributed by atoms with E-state index in [4.69, 9.17) is 10.2 Å². The van der Waals surface area contributed by atoms with Crippen LogP contribution in [0.25, 0.3) is 0 Å². The van der Waals surface area contributed by atoms with Crippen LogP contribution in [0.3, 0.4) is 0 Å². The van der Waals surface area contributed by atoms with Gasteiger partial charge in [-0.2, -0.15) is 0 Å². The number of carbonyl (C=O) groups excluding carboxylic acids is 1. The molecule has 3 unspecified atom stereocenters. The lowest BCUT2D eigenvalue weighted by Gasteiger charge is -2.37. The van der Waals surface area contributed by atoms with Gasteiger partial charge in [0.2, 0.25) is 11.5 Å². The summed E-state index contributed by atoms with van der Waals surface area (Å²) in [7, 11) is 2.72. The third-order valence-electron chi connectivity index (χ3n) is 2.11. The molecule has 0 aromatic heterocycles. The maximum atomic E-state index is 11.2. The Kier molecular flexibility index (Phi) is 4.63. The number of carbonyl (C=O) groups is 1. The zero-order valence-electron chi connectivity index (χ0n) is 8.51. The summed E-state index contributed by atoms with van der Waals surface area (Å²) in [5, 5.41) is 36.9. The smallest absolute Gasteiger partial charge is 0.209 e. The molecule has 6 nitrogen and oxygen atoms in total. The molecule has 0 saturated carbocycles. The summed E-state index contributed by atoms with van der Waals surface area (Å²) in [5.74, 6) is -0.962. The summed E-state index contributed by atoms with van der Waals surface area (Å²) in [6.45, 7) is 0.336. The number of rotatable bonds is 5. The predicted octanol–water partition coefficient (Wildman–Crippen LogP) is -2.46. The summed E-state index contributed by atoms with van der Waals surface area (Å²) in [4.78, 5) is 12.3. The van der Waals surface area contributed by atoms with Gasteiger partial charge in [0.05, 0.1) is 6.10 Å². The van der Waals surface area contributed by atoms with Crippen LogP contribution < -0.4 is 0 Å². The highest BCUT2D eigenvalue weighted by molar-refractivity contribution is 5.88. The van der Waals surface area contributed by atoms with Gasteiger partial charge in [0.1, 0.15) is 12.7 Å². The molecule has 0 radical (unpaired) electrons. The molecule has 0 heterocycles. The Hall–Kier alpha value is -0.530. The van der Waals surface area contributed by atoms with Gasteiger partial charge in [-0.1, -0.05) is 0 Å². The average molecular weight is 207 g/mol. The van der Waals surface area contributed by atoms with Crippen molar-refractivity contribution in [1.82, 2.24) is 4.90 Å². The molecule has 0 aromatic carbocycles. The molecule has 4 N–H and O–H groups in total. The summed E-state index contributed by atoms with van der Waals surface area (Å²) < 4.78 is 0. The monoisotopic (exact) mass is 207 g/mol. The lowest BCUT2D eigenvalue weighted by atomic mass is 9.96. The Morgan fingerprint density at radius 3 is 2.07 bits per heavy atom. The van der Waals surface area contributed by atoms with Crippen LogP contribution in [-0.4, -0.2) is 69.7 Å². The second-order valence-electron chi connectivity index (χ2n) is 3.39. The number of aliphatic hydroxyl groups is 4. The minimum Gasteiger partial charge on any atom is -0.391 e. The second-order valence-corrected chi connectivity index (χ2v) is 3.39. The van der Waals surface area contributed by atoms with E-state index in [-0.39, 0.29) is 0 Å². The second kappa shape index (κ2) is 4.81. The van der Waals surface area contributed by atoms with Gasteiger partial charge in [-0.25, -0.2) is 0 Å². The van der Waals surface area contributed by atoms with Gasteiger partial charge in [0, 0.05) is 0 Å². The Balaban J connectivity index is 4.99. The Bertz CT molecular complexity index is 206. The van der Waals surface area contributed by atoms with Crippen LogP contribution in [0.15, 0.2) is 0 Å².